The number of carbonyl (C=O) groups is 1. The normalized spacial score (nSPS) is 10.4. The van der Waals surface area contributed by atoms with E-state index in [1.807, 2.05) is 4.90 Å². The second-order valence-electron chi connectivity index (χ2n) is 3.30. The molecule has 0 fully saturated rings. The maximum absolute atomic E-state index is 10.6. The maximum atomic E-state index is 10.6. The van der Waals surface area contributed by atoms with Gasteiger partial charge in [-0.2, -0.15) is 0 Å². The number of carbonyl (C=O) groups excluding carboxylic acids is 1. The Kier molecular flexibility index (Phi) is 4.29. The number of anilines is 1. The largest absolute Gasteiger partial charge is 0.342 e. The molecule has 0 spiro atoms. The van der Waals surface area contributed by atoms with Crippen molar-refractivity contribution in [1.82, 2.24) is 4.98 Å². The zero-order chi connectivity index (χ0) is 11.4. The van der Waals surface area contributed by atoms with Crippen molar-refractivity contribution in [3.8, 4) is 0 Å². The number of aldehydes is 1. The monoisotopic (exact) mass is 244 g/mol. The van der Waals surface area contributed by atoms with Crippen LogP contribution in [0, 0.1) is 0 Å². The fraction of sp³-hybridized carbons (Fsp3) is 0.400. The van der Waals surface area contributed by atoms with Crippen LogP contribution in [0.4, 0.5) is 5.13 Å². The minimum atomic E-state index is 0.278. The number of hydrogen-bond donors (Lipinski definition) is 0. The van der Waals surface area contributed by atoms with Gasteiger partial charge in [0.2, 0.25) is 0 Å². The zero-order valence-corrected chi connectivity index (χ0v) is 10.3. The molecule has 0 bridgehead atoms. The van der Waals surface area contributed by atoms with Crippen LogP contribution < -0.4 is 4.90 Å². The number of hydrogen-bond acceptors (Lipinski definition) is 4. The molecule has 0 radical (unpaired) electrons. The Bertz CT molecular complexity index is 362. The van der Waals surface area contributed by atoms with E-state index >= 15 is 0 Å². The lowest BCUT2D eigenvalue weighted by atomic mass is 10.3. The molecule has 0 aromatic carbocycles. The van der Waals surface area contributed by atoms with Crippen LogP contribution in [-0.2, 0) is 0 Å². The van der Waals surface area contributed by atoms with Gasteiger partial charge >= 0.3 is 0 Å². The molecule has 0 aliphatic heterocycles. The summed E-state index contributed by atoms with van der Waals surface area (Å²) < 4.78 is 0. The minimum absolute atomic E-state index is 0.278. The van der Waals surface area contributed by atoms with Crippen LogP contribution in [0.2, 0.25) is 5.15 Å². The SMILES string of the molecule is C=CCN(c1nc(Cl)c(C=O)s1)C(C)C. The number of nitrogens with zero attached hydrogens (tertiary/aromatic N) is 2. The van der Waals surface area contributed by atoms with Gasteiger partial charge in [0.1, 0.15) is 4.88 Å². The average Bonchev–Trinajstić information content (AvgIpc) is 2.55. The van der Waals surface area contributed by atoms with Crippen LogP contribution in [0.5, 0.6) is 0 Å². The summed E-state index contributed by atoms with van der Waals surface area (Å²) in [4.78, 5) is 17.3. The van der Waals surface area contributed by atoms with Gasteiger partial charge in [0.15, 0.2) is 16.6 Å². The molecule has 82 valence electrons. The third-order valence-electron chi connectivity index (χ3n) is 1.90. The van der Waals surface area contributed by atoms with Crippen LogP contribution >= 0.6 is 22.9 Å². The molecule has 3 nitrogen and oxygen atoms in total. The van der Waals surface area contributed by atoms with E-state index in [2.05, 4.69) is 25.4 Å². The lowest BCUT2D eigenvalue weighted by Crippen LogP contribution is -2.30. The maximum Gasteiger partial charge on any atom is 0.187 e. The highest BCUT2D eigenvalue weighted by Gasteiger charge is 2.16. The van der Waals surface area contributed by atoms with Gasteiger partial charge in [-0.15, -0.1) is 6.58 Å². The molecule has 1 aromatic rings. The molecule has 1 heterocycles. The molecule has 0 saturated carbocycles. The minimum Gasteiger partial charge on any atom is -0.342 e. The van der Waals surface area contributed by atoms with E-state index in [0.717, 1.165) is 11.4 Å². The average molecular weight is 245 g/mol. The van der Waals surface area contributed by atoms with Gasteiger partial charge < -0.3 is 4.90 Å². The van der Waals surface area contributed by atoms with E-state index in [9.17, 15) is 4.79 Å². The van der Waals surface area contributed by atoms with Crippen molar-refractivity contribution in [3.63, 3.8) is 0 Å². The summed E-state index contributed by atoms with van der Waals surface area (Å²) in [6.07, 6.45) is 2.53. The molecule has 0 amide bonds. The molecule has 0 aliphatic rings. The summed E-state index contributed by atoms with van der Waals surface area (Å²) in [5.74, 6) is 0. The van der Waals surface area contributed by atoms with E-state index in [1.54, 1.807) is 6.08 Å². The van der Waals surface area contributed by atoms with Crippen LogP contribution in [0.3, 0.4) is 0 Å². The summed E-state index contributed by atoms with van der Waals surface area (Å²) in [5, 5.41) is 1.04. The molecule has 0 aliphatic carbocycles. The summed E-state index contributed by atoms with van der Waals surface area (Å²) in [7, 11) is 0. The molecule has 1 aromatic heterocycles. The predicted molar refractivity (Wildman–Crippen MR) is 65.2 cm³/mol. The summed E-state index contributed by atoms with van der Waals surface area (Å²) in [5.41, 5.74) is 0. The van der Waals surface area contributed by atoms with Gasteiger partial charge in [-0.25, -0.2) is 4.98 Å². The highest BCUT2D eigenvalue weighted by atomic mass is 35.5. The third-order valence-corrected chi connectivity index (χ3v) is 3.32. The molecule has 0 unspecified atom stereocenters. The van der Waals surface area contributed by atoms with E-state index in [4.69, 9.17) is 11.6 Å². The Hall–Kier alpha value is -0.870. The van der Waals surface area contributed by atoms with Gasteiger partial charge in [-0.05, 0) is 13.8 Å². The van der Waals surface area contributed by atoms with E-state index in [1.165, 1.54) is 11.3 Å². The van der Waals surface area contributed by atoms with Crippen molar-refractivity contribution in [2.45, 2.75) is 19.9 Å². The second kappa shape index (κ2) is 5.28. The van der Waals surface area contributed by atoms with Crippen molar-refractivity contribution in [3.05, 3.63) is 22.7 Å². The standard InChI is InChI=1S/C10H13ClN2OS/c1-4-5-13(7(2)3)10-12-9(11)8(6-14)15-10/h4,6-7H,1,5H2,2-3H3. The number of aromatic nitrogens is 1. The summed E-state index contributed by atoms with van der Waals surface area (Å²) >= 11 is 7.11. The van der Waals surface area contributed by atoms with Gasteiger partial charge in [0, 0.05) is 12.6 Å². The first-order valence-corrected chi connectivity index (χ1v) is 5.78. The fourth-order valence-electron chi connectivity index (χ4n) is 1.15. The van der Waals surface area contributed by atoms with Crippen LogP contribution in [-0.4, -0.2) is 23.9 Å². The molecule has 0 atom stereocenters. The number of rotatable bonds is 5. The van der Waals surface area contributed by atoms with Crippen molar-refractivity contribution in [1.29, 1.82) is 0 Å². The number of thiazole rings is 1. The predicted octanol–water partition coefficient (Wildman–Crippen LogP) is 3.01. The topological polar surface area (TPSA) is 33.2 Å². The van der Waals surface area contributed by atoms with E-state index in [-0.39, 0.29) is 5.15 Å². The molecular weight excluding hydrogens is 232 g/mol. The first-order valence-electron chi connectivity index (χ1n) is 4.59. The Morgan fingerprint density at radius 1 is 1.67 bits per heavy atom. The van der Waals surface area contributed by atoms with Gasteiger partial charge in [0.05, 0.1) is 0 Å². The lowest BCUT2D eigenvalue weighted by molar-refractivity contribution is 0.112. The summed E-state index contributed by atoms with van der Waals surface area (Å²) in [6, 6.07) is 0.296. The van der Waals surface area contributed by atoms with Crippen molar-refractivity contribution in [2.24, 2.45) is 0 Å². The van der Waals surface area contributed by atoms with Crippen molar-refractivity contribution < 1.29 is 4.79 Å². The highest BCUT2D eigenvalue weighted by molar-refractivity contribution is 7.17. The molecule has 5 heteroatoms. The third kappa shape index (κ3) is 2.79. The second-order valence-corrected chi connectivity index (χ2v) is 4.67. The molecule has 0 saturated heterocycles. The Labute approximate surface area is 98.4 Å². The molecule has 0 N–H and O–H groups in total. The first-order chi connectivity index (χ1) is 7.10. The van der Waals surface area contributed by atoms with Gasteiger partial charge in [-0.3, -0.25) is 4.79 Å². The van der Waals surface area contributed by atoms with Crippen LogP contribution in [0.15, 0.2) is 12.7 Å². The van der Waals surface area contributed by atoms with Crippen LogP contribution in [0.1, 0.15) is 23.5 Å². The Morgan fingerprint density at radius 3 is 2.73 bits per heavy atom. The molecule has 1 rings (SSSR count). The Morgan fingerprint density at radius 2 is 2.33 bits per heavy atom. The summed E-state index contributed by atoms with van der Waals surface area (Å²) in [6.45, 7) is 8.49. The van der Waals surface area contributed by atoms with Gasteiger partial charge in [0.25, 0.3) is 0 Å². The van der Waals surface area contributed by atoms with Crippen molar-refractivity contribution >= 4 is 34.4 Å². The first kappa shape index (κ1) is 12.2. The lowest BCUT2D eigenvalue weighted by Gasteiger charge is -2.24. The molecular formula is C10H13ClN2OS. The smallest absolute Gasteiger partial charge is 0.187 e. The van der Waals surface area contributed by atoms with Crippen LogP contribution in [0.25, 0.3) is 0 Å². The van der Waals surface area contributed by atoms with E-state index in [0.29, 0.717) is 17.5 Å². The fourth-order valence-corrected chi connectivity index (χ4v) is 2.35. The Balaban J connectivity index is 3.00. The quantitative estimate of drug-likeness (QED) is 0.590. The zero-order valence-electron chi connectivity index (χ0n) is 8.74. The number of halogens is 1. The molecule has 15 heavy (non-hydrogen) atoms. The van der Waals surface area contributed by atoms with Gasteiger partial charge in [-0.1, -0.05) is 29.0 Å². The highest BCUT2D eigenvalue weighted by Crippen LogP contribution is 2.29. The van der Waals surface area contributed by atoms with Crippen molar-refractivity contribution in [2.75, 3.05) is 11.4 Å². The van der Waals surface area contributed by atoms with E-state index < -0.39 is 0 Å².